The summed E-state index contributed by atoms with van der Waals surface area (Å²) in [6, 6.07) is 13.0. The highest BCUT2D eigenvalue weighted by atomic mass is 35.5. The Morgan fingerprint density at radius 2 is 1.50 bits per heavy atom. The van der Waals surface area contributed by atoms with Gasteiger partial charge in [0.1, 0.15) is 32.0 Å². The molecular weight excluding hydrogens is 383 g/mol. The van der Waals surface area contributed by atoms with Crippen LogP contribution in [0.4, 0.5) is 15.8 Å². The summed E-state index contributed by atoms with van der Waals surface area (Å²) in [6.07, 6.45) is 0. The maximum absolute atomic E-state index is 13.2. The van der Waals surface area contributed by atoms with E-state index in [1.165, 1.54) is 17.0 Å². The Bertz CT molecular complexity index is 840. The van der Waals surface area contributed by atoms with Gasteiger partial charge >= 0.3 is 0 Å². The Morgan fingerprint density at radius 3 is 2.11 bits per heavy atom. The normalized spacial score (nSPS) is 19.1. The van der Waals surface area contributed by atoms with Gasteiger partial charge in [-0.1, -0.05) is 29.8 Å². The molecule has 8 heteroatoms. The minimum Gasteiger partial charge on any atom is -0.321 e. The van der Waals surface area contributed by atoms with Crippen molar-refractivity contribution >= 4 is 34.8 Å². The summed E-state index contributed by atoms with van der Waals surface area (Å²) in [5.41, 5.74) is 1.08. The first kappa shape index (κ1) is 20.3. The van der Waals surface area contributed by atoms with E-state index in [9.17, 15) is 14.0 Å². The van der Waals surface area contributed by atoms with Crippen LogP contribution in [0, 0.1) is 5.82 Å². The Morgan fingerprint density at radius 1 is 0.893 bits per heavy atom. The van der Waals surface area contributed by atoms with E-state index in [1.807, 2.05) is 12.1 Å². The van der Waals surface area contributed by atoms with E-state index in [-0.39, 0.29) is 17.6 Å². The third kappa shape index (κ3) is 6.02. The molecule has 1 heterocycles. The molecule has 6 nitrogen and oxygen atoms in total. The maximum atomic E-state index is 13.2. The van der Waals surface area contributed by atoms with E-state index in [0.717, 1.165) is 31.1 Å². The number of quaternary nitrogens is 2. The highest BCUT2D eigenvalue weighted by Gasteiger charge is 2.26. The lowest BCUT2D eigenvalue weighted by atomic mass is 10.2. The van der Waals surface area contributed by atoms with Gasteiger partial charge < -0.3 is 20.4 Å². The standard InChI is InChI=1S/C20H22ClFN4O2/c21-17-6-1-2-7-18(17)24-20(28)14-26-10-8-25(9-11-26)13-19(27)23-16-5-3-4-15(22)12-16/h1-7,12H,8-11,13-14H2,(H,23,27)(H,24,28)/p+2. The summed E-state index contributed by atoms with van der Waals surface area (Å²) >= 11 is 6.06. The summed E-state index contributed by atoms with van der Waals surface area (Å²) in [5, 5.41) is 6.08. The predicted octanol–water partition coefficient (Wildman–Crippen LogP) is -0.160. The fraction of sp³-hybridized carbons (Fsp3) is 0.300. The molecule has 0 unspecified atom stereocenters. The van der Waals surface area contributed by atoms with Crippen molar-refractivity contribution in [3.8, 4) is 0 Å². The molecule has 0 spiro atoms. The molecule has 0 atom stereocenters. The second-order valence-corrected chi connectivity index (χ2v) is 7.35. The summed E-state index contributed by atoms with van der Waals surface area (Å²) in [7, 11) is 0. The minimum absolute atomic E-state index is 0.0737. The Kier molecular flexibility index (Phi) is 6.97. The zero-order valence-electron chi connectivity index (χ0n) is 15.4. The fourth-order valence-corrected chi connectivity index (χ4v) is 3.48. The van der Waals surface area contributed by atoms with Gasteiger partial charge in [0.25, 0.3) is 11.8 Å². The van der Waals surface area contributed by atoms with Crippen molar-refractivity contribution in [3.63, 3.8) is 0 Å². The largest absolute Gasteiger partial charge is 0.321 e. The number of amides is 2. The molecular formula is C20H24ClFN4O2+2. The average Bonchev–Trinajstić information content (AvgIpc) is 2.65. The Balaban J connectivity index is 1.40. The van der Waals surface area contributed by atoms with Crippen molar-refractivity contribution in [1.82, 2.24) is 0 Å². The fourth-order valence-electron chi connectivity index (χ4n) is 3.29. The van der Waals surface area contributed by atoms with E-state index < -0.39 is 0 Å². The summed E-state index contributed by atoms with van der Waals surface area (Å²) in [4.78, 5) is 26.7. The number of para-hydroxylation sites is 1. The molecule has 3 rings (SSSR count). The van der Waals surface area contributed by atoms with Crippen LogP contribution in [-0.2, 0) is 9.59 Å². The van der Waals surface area contributed by atoms with Crippen molar-refractivity contribution in [2.24, 2.45) is 0 Å². The number of carbonyl (C=O) groups is 2. The molecule has 1 fully saturated rings. The van der Waals surface area contributed by atoms with Gasteiger partial charge in [-0.05, 0) is 30.3 Å². The second-order valence-electron chi connectivity index (χ2n) is 6.94. The van der Waals surface area contributed by atoms with E-state index >= 15 is 0 Å². The molecule has 0 aromatic heterocycles. The van der Waals surface area contributed by atoms with Gasteiger partial charge in [0.2, 0.25) is 0 Å². The lowest BCUT2D eigenvalue weighted by Crippen LogP contribution is -3.28. The molecule has 2 aromatic rings. The predicted molar refractivity (Wildman–Crippen MR) is 106 cm³/mol. The molecule has 0 radical (unpaired) electrons. The number of hydrogen-bond donors (Lipinski definition) is 4. The number of benzene rings is 2. The number of carbonyl (C=O) groups excluding carboxylic acids is 2. The zero-order chi connectivity index (χ0) is 19.9. The van der Waals surface area contributed by atoms with E-state index in [2.05, 4.69) is 10.6 Å². The minimum atomic E-state index is -0.377. The molecule has 0 aliphatic carbocycles. The summed E-state index contributed by atoms with van der Waals surface area (Å²) in [6.45, 7) is 3.90. The molecule has 2 amide bonds. The molecule has 4 N–H and O–H groups in total. The van der Waals surface area contributed by atoms with Crippen LogP contribution in [0.15, 0.2) is 48.5 Å². The van der Waals surface area contributed by atoms with Crippen molar-refractivity contribution in [1.29, 1.82) is 0 Å². The molecule has 1 aliphatic rings. The van der Waals surface area contributed by atoms with Crippen molar-refractivity contribution in [2.45, 2.75) is 0 Å². The van der Waals surface area contributed by atoms with E-state index in [4.69, 9.17) is 11.6 Å². The van der Waals surface area contributed by atoms with Gasteiger partial charge in [-0.2, -0.15) is 0 Å². The summed E-state index contributed by atoms with van der Waals surface area (Å²) in [5.74, 6) is -0.590. The van der Waals surface area contributed by atoms with Crippen LogP contribution in [0.2, 0.25) is 5.02 Å². The van der Waals surface area contributed by atoms with Crippen LogP contribution in [0.25, 0.3) is 0 Å². The first-order chi connectivity index (χ1) is 13.5. The van der Waals surface area contributed by atoms with Crippen LogP contribution >= 0.6 is 11.6 Å². The first-order valence-electron chi connectivity index (χ1n) is 9.26. The number of hydrogen-bond acceptors (Lipinski definition) is 2. The lowest BCUT2D eigenvalue weighted by Gasteiger charge is -2.29. The third-order valence-electron chi connectivity index (χ3n) is 4.74. The van der Waals surface area contributed by atoms with Crippen LogP contribution in [0.5, 0.6) is 0 Å². The highest BCUT2D eigenvalue weighted by Crippen LogP contribution is 2.19. The first-order valence-corrected chi connectivity index (χ1v) is 9.64. The lowest BCUT2D eigenvalue weighted by molar-refractivity contribution is -1.00. The van der Waals surface area contributed by atoms with Gasteiger partial charge in [-0.25, -0.2) is 4.39 Å². The molecule has 0 bridgehead atoms. The molecule has 2 aromatic carbocycles. The van der Waals surface area contributed by atoms with Gasteiger partial charge in [0.15, 0.2) is 13.1 Å². The quantitative estimate of drug-likeness (QED) is 0.538. The number of piperazine rings is 1. The molecule has 0 saturated carbocycles. The topological polar surface area (TPSA) is 67.1 Å². The van der Waals surface area contributed by atoms with E-state index in [0.29, 0.717) is 29.5 Å². The average molecular weight is 407 g/mol. The number of halogens is 2. The maximum Gasteiger partial charge on any atom is 0.279 e. The van der Waals surface area contributed by atoms with Crippen molar-refractivity contribution in [3.05, 3.63) is 59.4 Å². The molecule has 1 saturated heterocycles. The Hall–Kier alpha value is -2.48. The Labute approximate surface area is 168 Å². The van der Waals surface area contributed by atoms with Crippen LogP contribution in [-0.4, -0.2) is 51.1 Å². The molecule has 148 valence electrons. The van der Waals surface area contributed by atoms with E-state index in [1.54, 1.807) is 24.3 Å². The SMILES string of the molecule is O=C(C[NH+]1CC[NH+](CC(=O)Nc2ccccc2Cl)CC1)Nc1cccc(F)c1. The monoisotopic (exact) mass is 406 g/mol. The highest BCUT2D eigenvalue weighted by molar-refractivity contribution is 6.33. The second kappa shape index (κ2) is 9.64. The van der Waals surface area contributed by atoms with Gasteiger partial charge in [0, 0.05) is 5.69 Å². The number of rotatable bonds is 6. The van der Waals surface area contributed by atoms with Crippen LogP contribution in [0.1, 0.15) is 0 Å². The molecule has 1 aliphatic heterocycles. The molecule has 28 heavy (non-hydrogen) atoms. The number of nitrogens with one attached hydrogen (secondary N) is 4. The third-order valence-corrected chi connectivity index (χ3v) is 5.07. The van der Waals surface area contributed by atoms with Crippen molar-refractivity contribution < 1.29 is 23.8 Å². The zero-order valence-corrected chi connectivity index (χ0v) is 16.2. The van der Waals surface area contributed by atoms with Gasteiger partial charge in [-0.3, -0.25) is 9.59 Å². The van der Waals surface area contributed by atoms with Crippen molar-refractivity contribution in [2.75, 3.05) is 49.9 Å². The van der Waals surface area contributed by atoms with Gasteiger partial charge in [0.05, 0.1) is 10.7 Å². The smallest absolute Gasteiger partial charge is 0.279 e. The van der Waals surface area contributed by atoms with Crippen LogP contribution in [0.3, 0.4) is 0 Å². The number of anilines is 2. The van der Waals surface area contributed by atoms with Gasteiger partial charge in [-0.15, -0.1) is 0 Å². The summed E-state index contributed by atoms with van der Waals surface area (Å²) < 4.78 is 13.2. The van der Waals surface area contributed by atoms with Crippen LogP contribution < -0.4 is 20.4 Å².